The molecule has 140 valence electrons. The van der Waals surface area contributed by atoms with E-state index in [4.69, 9.17) is 11.6 Å². The van der Waals surface area contributed by atoms with Gasteiger partial charge in [-0.05, 0) is 56.6 Å². The van der Waals surface area contributed by atoms with Crippen molar-refractivity contribution in [2.24, 2.45) is 0 Å². The predicted molar refractivity (Wildman–Crippen MR) is 99.5 cm³/mol. The fraction of sp³-hybridized carbons (Fsp3) is 0.235. The molecule has 0 heterocycles. The summed E-state index contributed by atoms with van der Waals surface area (Å²) in [7, 11) is -0.0912. The number of amides is 1. The molecule has 0 aromatic heterocycles. The van der Waals surface area contributed by atoms with E-state index in [0.717, 1.165) is 6.07 Å². The molecule has 0 aliphatic heterocycles. The quantitative estimate of drug-likeness (QED) is 0.750. The Kier molecular flexibility index (Phi) is 6.57. The number of halogens is 2. The summed E-state index contributed by atoms with van der Waals surface area (Å²) in [5.74, 6) is -0.923. The molecule has 0 saturated carbocycles. The van der Waals surface area contributed by atoms with E-state index in [2.05, 4.69) is 10.0 Å². The molecular weight excluding hydrogens is 381 g/mol. The number of benzene rings is 2. The number of rotatable bonds is 7. The molecule has 6 nitrogen and oxygen atoms in total. The summed E-state index contributed by atoms with van der Waals surface area (Å²) >= 11 is 5.65. The third-order valence-electron chi connectivity index (χ3n) is 3.44. The highest BCUT2D eigenvalue weighted by Gasteiger charge is 2.16. The lowest BCUT2D eigenvalue weighted by atomic mass is 10.2. The normalized spacial score (nSPS) is 11.4. The van der Waals surface area contributed by atoms with Crippen molar-refractivity contribution in [2.75, 3.05) is 31.9 Å². The molecule has 0 unspecified atom stereocenters. The smallest absolute Gasteiger partial charge is 0.261 e. The Labute approximate surface area is 157 Å². The fourth-order valence-electron chi connectivity index (χ4n) is 2.05. The standard InChI is InChI=1S/C17H19ClFN3O3S/c1-22(2)10-9-20-17(23)12-3-6-14(7-4-12)26(24,25)21-13-5-8-16(19)15(18)11-13/h3-8,11,21H,9-10H2,1-2H3,(H,20,23). The lowest BCUT2D eigenvalue weighted by molar-refractivity contribution is 0.0951. The van der Waals surface area contributed by atoms with Gasteiger partial charge in [-0.25, -0.2) is 12.8 Å². The van der Waals surface area contributed by atoms with Crippen LogP contribution in [0.2, 0.25) is 5.02 Å². The molecule has 9 heteroatoms. The highest BCUT2D eigenvalue weighted by molar-refractivity contribution is 7.92. The van der Waals surface area contributed by atoms with Gasteiger partial charge in [-0.2, -0.15) is 0 Å². The van der Waals surface area contributed by atoms with Crippen LogP contribution in [0.5, 0.6) is 0 Å². The average molecular weight is 400 g/mol. The Hall–Kier alpha value is -2.16. The summed E-state index contributed by atoms with van der Waals surface area (Å²) in [4.78, 5) is 13.9. The average Bonchev–Trinajstić information content (AvgIpc) is 2.57. The minimum atomic E-state index is -3.88. The Morgan fingerprint density at radius 2 is 1.81 bits per heavy atom. The van der Waals surface area contributed by atoms with Gasteiger partial charge in [0.15, 0.2) is 0 Å². The predicted octanol–water partition coefficient (Wildman–Crippen LogP) is 2.57. The summed E-state index contributed by atoms with van der Waals surface area (Å²) in [6.07, 6.45) is 0. The monoisotopic (exact) mass is 399 g/mol. The van der Waals surface area contributed by atoms with E-state index < -0.39 is 15.8 Å². The second-order valence-electron chi connectivity index (χ2n) is 5.82. The van der Waals surface area contributed by atoms with Crippen molar-refractivity contribution in [3.63, 3.8) is 0 Å². The number of hydrogen-bond donors (Lipinski definition) is 2. The highest BCUT2D eigenvalue weighted by Crippen LogP contribution is 2.22. The van der Waals surface area contributed by atoms with E-state index in [1.54, 1.807) is 0 Å². The number of nitrogens with zero attached hydrogens (tertiary/aromatic N) is 1. The second kappa shape index (κ2) is 8.48. The molecule has 26 heavy (non-hydrogen) atoms. The van der Waals surface area contributed by atoms with Crippen LogP contribution in [0.4, 0.5) is 10.1 Å². The third-order valence-corrected chi connectivity index (χ3v) is 5.13. The summed E-state index contributed by atoms with van der Waals surface area (Å²) in [6, 6.07) is 9.03. The molecule has 0 bridgehead atoms. The first-order valence-corrected chi connectivity index (χ1v) is 9.56. The van der Waals surface area contributed by atoms with Gasteiger partial charge in [-0.1, -0.05) is 11.6 Å². The first-order chi connectivity index (χ1) is 12.2. The summed E-state index contributed by atoms with van der Waals surface area (Å²) < 4.78 is 40.2. The van der Waals surface area contributed by atoms with E-state index in [0.29, 0.717) is 18.7 Å². The minimum absolute atomic E-state index is 0.0252. The van der Waals surface area contributed by atoms with Crippen LogP contribution in [0.3, 0.4) is 0 Å². The zero-order chi connectivity index (χ0) is 19.3. The molecule has 2 aromatic rings. The summed E-state index contributed by atoms with van der Waals surface area (Å²) in [5, 5.41) is 2.56. The molecule has 0 fully saturated rings. The molecule has 0 radical (unpaired) electrons. The summed E-state index contributed by atoms with van der Waals surface area (Å²) in [6.45, 7) is 1.18. The van der Waals surface area contributed by atoms with Crippen molar-refractivity contribution >= 4 is 33.2 Å². The van der Waals surface area contributed by atoms with Crippen LogP contribution in [-0.2, 0) is 10.0 Å². The van der Waals surface area contributed by atoms with Gasteiger partial charge in [-0.15, -0.1) is 0 Å². The molecule has 0 saturated heterocycles. The van der Waals surface area contributed by atoms with Crippen molar-refractivity contribution in [1.82, 2.24) is 10.2 Å². The van der Waals surface area contributed by atoms with E-state index in [1.807, 2.05) is 19.0 Å². The molecule has 0 aliphatic rings. The zero-order valence-electron chi connectivity index (χ0n) is 14.3. The van der Waals surface area contributed by atoms with Crippen molar-refractivity contribution in [3.8, 4) is 0 Å². The molecule has 0 atom stereocenters. The molecular formula is C17H19ClFN3O3S. The third kappa shape index (κ3) is 5.42. The van der Waals surface area contributed by atoms with Gasteiger partial charge in [-0.3, -0.25) is 9.52 Å². The molecule has 0 aliphatic carbocycles. The molecule has 2 rings (SSSR count). The number of hydrogen-bond acceptors (Lipinski definition) is 4. The minimum Gasteiger partial charge on any atom is -0.351 e. The fourth-order valence-corrected chi connectivity index (χ4v) is 3.28. The van der Waals surface area contributed by atoms with Gasteiger partial charge in [0, 0.05) is 18.7 Å². The van der Waals surface area contributed by atoms with Crippen molar-refractivity contribution in [1.29, 1.82) is 0 Å². The van der Waals surface area contributed by atoms with E-state index >= 15 is 0 Å². The molecule has 2 N–H and O–H groups in total. The van der Waals surface area contributed by atoms with Gasteiger partial charge >= 0.3 is 0 Å². The summed E-state index contributed by atoms with van der Waals surface area (Å²) in [5.41, 5.74) is 0.495. The zero-order valence-corrected chi connectivity index (χ0v) is 15.9. The van der Waals surface area contributed by atoms with Crippen molar-refractivity contribution in [3.05, 3.63) is 58.9 Å². The maximum absolute atomic E-state index is 13.2. The molecule has 1 amide bonds. The Bertz CT molecular complexity index is 887. The van der Waals surface area contributed by atoms with Crippen LogP contribution in [0.1, 0.15) is 10.4 Å². The number of carbonyl (C=O) groups is 1. The second-order valence-corrected chi connectivity index (χ2v) is 7.91. The highest BCUT2D eigenvalue weighted by atomic mass is 35.5. The largest absolute Gasteiger partial charge is 0.351 e. The van der Waals surface area contributed by atoms with Crippen LogP contribution in [0.15, 0.2) is 47.4 Å². The SMILES string of the molecule is CN(C)CCNC(=O)c1ccc(S(=O)(=O)Nc2ccc(F)c(Cl)c2)cc1. The van der Waals surface area contributed by atoms with Crippen LogP contribution in [0.25, 0.3) is 0 Å². The first-order valence-electron chi connectivity index (χ1n) is 7.70. The van der Waals surface area contributed by atoms with Crippen LogP contribution in [0, 0.1) is 5.82 Å². The van der Waals surface area contributed by atoms with E-state index in [9.17, 15) is 17.6 Å². The topological polar surface area (TPSA) is 78.5 Å². The van der Waals surface area contributed by atoms with Gasteiger partial charge in [0.2, 0.25) is 0 Å². The Morgan fingerprint density at radius 3 is 2.38 bits per heavy atom. The Morgan fingerprint density at radius 1 is 1.15 bits per heavy atom. The molecule has 0 spiro atoms. The lowest BCUT2D eigenvalue weighted by Gasteiger charge is -2.11. The number of likely N-dealkylation sites (N-methyl/N-ethyl adjacent to an activating group) is 1. The number of sulfonamides is 1. The number of carbonyl (C=O) groups excluding carboxylic acids is 1. The Balaban J connectivity index is 2.08. The van der Waals surface area contributed by atoms with Crippen molar-refractivity contribution < 1.29 is 17.6 Å². The van der Waals surface area contributed by atoms with E-state index in [-0.39, 0.29) is 21.5 Å². The number of nitrogens with one attached hydrogen (secondary N) is 2. The van der Waals surface area contributed by atoms with Crippen LogP contribution in [-0.4, -0.2) is 46.4 Å². The molecule has 2 aromatic carbocycles. The number of anilines is 1. The van der Waals surface area contributed by atoms with E-state index in [1.165, 1.54) is 36.4 Å². The van der Waals surface area contributed by atoms with Gasteiger partial charge in [0.1, 0.15) is 5.82 Å². The van der Waals surface area contributed by atoms with Crippen LogP contribution < -0.4 is 10.0 Å². The van der Waals surface area contributed by atoms with Crippen molar-refractivity contribution in [2.45, 2.75) is 4.90 Å². The van der Waals surface area contributed by atoms with Gasteiger partial charge < -0.3 is 10.2 Å². The van der Waals surface area contributed by atoms with Gasteiger partial charge in [0.25, 0.3) is 15.9 Å². The lowest BCUT2D eigenvalue weighted by Crippen LogP contribution is -2.31. The maximum Gasteiger partial charge on any atom is 0.261 e. The first kappa shape index (κ1) is 20.2. The van der Waals surface area contributed by atoms with Crippen LogP contribution >= 0.6 is 11.6 Å². The van der Waals surface area contributed by atoms with Gasteiger partial charge in [0.05, 0.1) is 15.6 Å². The maximum atomic E-state index is 13.2.